The predicted octanol–water partition coefficient (Wildman–Crippen LogP) is 9.76. The quantitative estimate of drug-likeness (QED) is 0.140. The van der Waals surface area contributed by atoms with E-state index in [0.29, 0.717) is 23.5 Å². The van der Waals surface area contributed by atoms with Crippen molar-refractivity contribution in [1.82, 2.24) is 0 Å². The molecule has 0 bridgehead atoms. The van der Waals surface area contributed by atoms with Gasteiger partial charge >= 0.3 is 6.18 Å². The summed E-state index contributed by atoms with van der Waals surface area (Å²) in [7, 11) is 0. The Morgan fingerprint density at radius 3 is 2.15 bits per heavy atom. The summed E-state index contributed by atoms with van der Waals surface area (Å²) in [6.45, 7) is 9.54. The third-order valence-corrected chi connectivity index (χ3v) is 7.39. The highest BCUT2D eigenvalue weighted by atomic mass is 19.4. The minimum Gasteiger partial charge on any atom is -0.320 e. The molecule has 3 aromatic rings. The number of nitrogens with two attached hydrogens (primary N) is 1. The van der Waals surface area contributed by atoms with Crippen LogP contribution in [0.15, 0.2) is 78.4 Å². The number of alkyl halides is 3. The van der Waals surface area contributed by atoms with E-state index in [9.17, 15) is 22.4 Å². The Morgan fingerprint density at radius 1 is 1.04 bits per heavy atom. The summed E-state index contributed by atoms with van der Waals surface area (Å²) >= 11 is 0. The van der Waals surface area contributed by atoms with Crippen molar-refractivity contribution in [3.63, 3.8) is 0 Å². The minimum atomic E-state index is -4.44. The number of nitriles is 1. The lowest BCUT2D eigenvalue weighted by molar-refractivity contribution is -0.125. The van der Waals surface area contributed by atoms with Crippen LogP contribution in [0, 0.1) is 42.8 Å². The number of amides is 1. The van der Waals surface area contributed by atoms with Gasteiger partial charge in [-0.05, 0) is 80.0 Å². The van der Waals surface area contributed by atoms with Crippen molar-refractivity contribution in [3.8, 4) is 18.9 Å². The molecule has 46 heavy (non-hydrogen) atoms. The average molecular weight is 636 g/mol. The molecule has 4 rings (SSSR count). The van der Waals surface area contributed by atoms with Gasteiger partial charge in [-0.2, -0.15) is 18.4 Å². The molecule has 1 aliphatic carbocycles. The van der Waals surface area contributed by atoms with Crippen LogP contribution in [0.2, 0.25) is 0 Å². The molecule has 0 saturated heterocycles. The van der Waals surface area contributed by atoms with Gasteiger partial charge in [0.05, 0.1) is 29.3 Å². The lowest BCUT2D eigenvalue weighted by Crippen LogP contribution is -2.38. The number of carbonyl (C=O) groups excluding carboxylic acids is 1. The number of rotatable bonds is 9. The van der Waals surface area contributed by atoms with Crippen LogP contribution in [-0.4, -0.2) is 12.1 Å². The molecule has 1 unspecified atom stereocenters. The first-order chi connectivity index (χ1) is 21.8. The Balaban J connectivity index is 0.000000686. The highest BCUT2D eigenvalue weighted by molar-refractivity contribution is 6.03. The number of nitrogens with zero attached hydrogens (tertiary/aromatic N) is 1. The zero-order valence-electron chi connectivity index (χ0n) is 27.3. The first kappa shape index (κ1) is 39.6. The summed E-state index contributed by atoms with van der Waals surface area (Å²) in [4.78, 5) is 12.3. The number of hydrogen-bond acceptors (Lipinski definition) is 3. The number of carbonyl (C=O) groups is 1. The van der Waals surface area contributed by atoms with Crippen molar-refractivity contribution in [3.05, 3.63) is 112 Å². The van der Waals surface area contributed by atoms with Crippen molar-refractivity contribution < 1.29 is 22.4 Å². The van der Waals surface area contributed by atoms with E-state index in [1.165, 1.54) is 30.2 Å². The number of hydrogen-bond donors (Lipinski definition) is 2. The number of allylic oxidation sites excluding steroid dienone is 1. The SMILES string of the molecule is C#C.C/C(=C\CC(F)(F)F)C(=O)Nc1cc(C(N)(CCC2CC2)c2ccc(C#N)cc2)ccc1F.CC.CCc1cccc(C)c1. The van der Waals surface area contributed by atoms with Gasteiger partial charge in [0, 0.05) is 5.57 Å². The Bertz CT molecular complexity index is 1480. The maximum absolute atomic E-state index is 14.5. The second-order valence-electron chi connectivity index (χ2n) is 10.8. The number of terminal acetylenes is 1. The zero-order valence-corrected chi connectivity index (χ0v) is 27.3. The van der Waals surface area contributed by atoms with E-state index in [1.54, 1.807) is 30.3 Å². The number of aryl methyl sites for hydroxylation is 2. The fourth-order valence-electron chi connectivity index (χ4n) is 4.55. The summed E-state index contributed by atoms with van der Waals surface area (Å²) in [6.07, 6.45) is 7.94. The normalized spacial score (nSPS) is 13.6. The second kappa shape index (κ2) is 19.2. The summed E-state index contributed by atoms with van der Waals surface area (Å²) in [5, 5.41) is 11.4. The molecule has 3 N–H and O–H groups in total. The largest absolute Gasteiger partial charge is 0.392 e. The van der Waals surface area contributed by atoms with Crippen molar-refractivity contribution >= 4 is 11.6 Å². The van der Waals surface area contributed by atoms with Gasteiger partial charge in [-0.3, -0.25) is 4.79 Å². The number of nitrogens with one attached hydrogen (secondary N) is 1. The standard InChI is InChI=1S/C25H25F4N3O.C9H12.C2H6.C2H2/c1-16(10-13-25(27,28)29)23(33)32-22-14-20(8-9-21(22)26)24(31,12-11-17-2-3-17)19-6-4-18(15-30)5-7-19;1-3-9-6-4-5-8(2)7-9;2*1-2/h4-10,14,17H,2-3,11-13,31H2,1H3,(H,32,33);4-7H,3H2,1-2H3;1-2H3;1-2H/b16-10+;;;. The molecular formula is C38H45F4N3O. The molecule has 8 heteroatoms. The van der Waals surface area contributed by atoms with Crippen LogP contribution in [0.25, 0.3) is 0 Å². The van der Waals surface area contributed by atoms with E-state index in [1.807, 2.05) is 13.8 Å². The van der Waals surface area contributed by atoms with Gasteiger partial charge in [0.1, 0.15) is 5.82 Å². The molecule has 0 heterocycles. The monoisotopic (exact) mass is 635 g/mol. The fraction of sp³-hybridized carbons (Fsp3) is 0.368. The van der Waals surface area contributed by atoms with Crippen LogP contribution in [0.3, 0.4) is 0 Å². The average Bonchev–Trinajstić information content (AvgIpc) is 3.90. The highest BCUT2D eigenvalue weighted by Crippen LogP contribution is 2.40. The van der Waals surface area contributed by atoms with Gasteiger partial charge in [0.15, 0.2) is 0 Å². The molecule has 0 aliphatic heterocycles. The van der Waals surface area contributed by atoms with E-state index in [4.69, 9.17) is 11.0 Å². The first-order valence-electron chi connectivity index (χ1n) is 15.4. The molecule has 3 aromatic carbocycles. The lowest BCUT2D eigenvalue weighted by atomic mass is 9.79. The van der Waals surface area contributed by atoms with Crippen molar-refractivity contribution in [2.45, 2.75) is 84.9 Å². The molecule has 0 aromatic heterocycles. The Kier molecular flexibility index (Phi) is 16.5. The van der Waals surface area contributed by atoms with Gasteiger partial charge in [-0.15, -0.1) is 12.8 Å². The van der Waals surface area contributed by atoms with Crippen LogP contribution in [-0.2, 0) is 16.8 Å². The molecule has 0 radical (unpaired) electrons. The molecule has 1 fully saturated rings. The number of halogens is 4. The van der Waals surface area contributed by atoms with Crippen LogP contribution >= 0.6 is 0 Å². The van der Waals surface area contributed by atoms with Crippen LogP contribution in [0.4, 0.5) is 23.2 Å². The smallest absolute Gasteiger partial charge is 0.320 e. The summed E-state index contributed by atoms with van der Waals surface area (Å²) in [5.41, 5.74) is 10.1. The summed E-state index contributed by atoms with van der Waals surface area (Å²) < 4.78 is 51.8. The van der Waals surface area contributed by atoms with E-state index in [0.717, 1.165) is 37.3 Å². The maximum Gasteiger partial charge on any atom is 0.392 e. The second-order valence-corrected chi connectivity index (χ2v) is 10.8. The van der Waals surface area contributed by atoms with Crippen molar-refractivity contribution in [1.29, 1.82) is 5.26 Å². The van der Waals surface area contributed by atoms with Gasteiger partial charge in [-0.1, -0.05) is 87.7 Å². The lowest BCUT2D eigenvalue weighted by Gasteiger charge is -2.31. The minimum absolute atomic E-state index is 0.160. The molecule has 246 valence electrons. The van der Waals surface area contributed by atoms with Gasteiger partial charge in [-0.25, -0.2) is 4.39 Å². The Morgan fingerprint density at radius 2 is 1.65 bits per heavy atom. The van der Waals surface area contributed by atoms with Gasteiger partial charge in [0.25, 0.3) is 5.91 Å². The first-order valence-corrected chi connectivity index (χ1v) is 15.4. The molecule has 1 aliphatic rings. The van der Waals surface area contributed by atoms with Gasteiger partial charge < -0.3 is 11.1 Å². The Hall–Kier alpha value is -4.40. The third kappa shape index (κ3) is 12.9. The summed E-state index contributed by atoms with van der Waals surface area (Å²) in [5.74, 6) is -0.957. The molecule has 0 spiro atoms. The van der Waals surface area contributed by atoms with Crippen LogP contribution in [0.1, 0.15) is 87.6 Å². The molecule has 4 nitrogen and oxygen atoms in total. The number of benzene rings is 3. The summed E-state index contributed by atoms with van der Waals surface area (Å²) in [6, 6.07) is 21.7. The fourth-order valence-corrected chi connectivity index (χ4v) is 4.55. The molecule has 1 amide bonds. The molecule has 1 atom stereocenters. The van der Waals surface area contributed by atoms with Gasteiger partial charge in [0.2, 0.25) is 0 Å². The van der Waals surface area contributed by atoms with E-state index < -0.39 is 29.9 Å². The molecular weight excluding hydrogens is 590 g/mol. The van der Waals surface area contributed by atoms with E-state index in [-0.39, 0.29) is 11.3 Å². The van der Waals surface area contributed by atoms with Crippen LogP contribution in [0.5, 0.6) is 0 Å². The molecule has 1 saturated carbocycles. The maximum atomic E-state index is 14.5. The van der Waals surface area contributed by atoms with Crippen molar-refractivity contribution in [2.24, 2.45) is 11.7 Å². The van der Waals surface area contributed by atoms with E-state index in [2.05, 4.69) is 62.3 Å². The third-order valence-electron chi connectivity index (χ3n) is 7.39. The van der Waals surface area contributed by atoms with Crippen LogP contribution < -0.4 is 11.1 Å². The zero-order chi connectivity index (χ0) is 34.9. The topological polar surface area (TPSA) is 78.9 Å². The predicted molar refractivity (Wildman–Crippen MR) is 179 cm³/mol. The highest BCUT2D eigenvalue weighted by Gasteiger charge is 2.33. The van der Waals surface area contributed by atoms with E-state index >= 15 is 0 Å². The number of anilines is 1. The van der Waals surface area contributed by atoms with Crippen molar-refractivity contribution in [2.75, 3.05) is 5.32 Å². The Labute approximate surface area is 271 Å².